The molecule has 1 heterocycles. The molecular formula is C11H21O2P. The van der Waals surface area contributed by atoms with E-state index in [1.165, 1.54) is 57.5 Å². The molecule has 1 aliphatic carbocycles. The standard InChI is InChI=1S/C11H21O2P/c1-2-4-8-11(7-3-1)14-10-6-5-9-12-13-14/h11H,1-10H2. The van der Waals surface area contributed by atoms with Gasteiger partial charge in [0.2, 0.25) is 0 Å². The summed E-state index contributed by atoms with van der Waals surface area (Å²) in [4.78, 5) is 5.23. The molecule has 0 radical (unpaired) electrons. The number of hydrogen-bond acceptors (Lipinski definition) is 2. The summed E-state index contributed by atoms with van der Waals surface area (Å²) in [7, 11) is -0.256. The van der Waals surface area contributed by atoms with E-state index in [0.717, 1.165) is 12.3 Å². The highest BCUT2D eigenvalue weighted by molar-refractivity contribution is 7.53. The third-order valence-electron chi connectivity index (χ3n) is 3.24. The summed E-state index contributed by atoms with van der Waals surface area (Å²) in [6, 6.07) is 0. The van der Waals surface area contributed by atoms with E-state index in [-0.39, 0.29) is 8.15 Å². The van der Waals surface area contributed by atoms with E-state index >= 15 is 0 Å². The Hall–Kier alpha value is 0.350. The van der Waals surface area contributed by atoms with Crippen molar-refractivity contribution in [1.82, 2.24) is 0 Å². The highest BCUT2D eigenvalue weighted by atomic mass is 31.1. The van der Waals surface area contributed by atoms with Gasteiger partial charge in [0.15, 0.2) is 0 Å². The first-order valence-electron chi connectivity index (χ1n) is 6.03. The van der Waals surface area contributed by atoms with Gasteiger partial charge in [-0.2, -0.15) is 0 Å². The first-order valence-corrected chi connectivity index (χ1v) is 7.54. The van der Waals surface area contributed by atoms with Crippen LogP contribution in [0.25, 0.3) is 0 Å². The second-order valence-corrected chi connectivity index (χ2v) is 6.55. The maximum Gasteiger partial charge on any atom is 0.0825 e. The van der Waals surface area contributed by atoms with Crippen LogP contribution in [-0.4, -0.2) is 18.4 Å². The molecule has 0 bridgehead atoms. The number of rotatable bonds is 1. The third-order valence-corrected chi connectivity index (χ3v) is 5.62. The normalized spacial score (nSPS) is 32.1. The van der Waals surface area contributed by atoms with Crippen molar-refractivity contribution in [2.24, 2.45) is 0 Å². The van der Waals surface area contributed by atoms with Crippen LogP contribution in [0.5, 0.6) is 0 Å². The highest BCUT2D eigenvalue weighted by Gasteiger charge is 2.25. The lowest BCUT2D eigenvalue weighted by Gasteiger charge is -2.22. The Bertz CT molecular complexity index is 129. The zero-order valence-corrected chi connectivity index (χ0v) is 9.81. The Morgan fingerprint density at radius 3 is 2.43 bits per heavy atom. The molecule has 1 unspecified atom stereocenters. The lowest BCUT2D eigenvalue weighted by molar-refractivity contribution is -0.197. The van der Waals surface area contributed by atoms with E-state index in [4.69, 9.17) is 9.56 Å². The van der Waals surface area contributed by atoms with Crippen LogP contribution in [0.3, 0.4) is 0 Å². The van der Waals surface area contributed by atoms with Gasteiger partial charge >= 0.3 is 0 Å². The Kier molecular flexibility index (Phi) is 4.69. The van der Waals surface area contributed by atoms with Crippen molar-refractivity contribution in [1.29, 1.82) is 0 Å². The molecule has 1 saturated carbocycles. The highest BCUT2D eigenvalue weighted by Crippen LogP contribution is 2.49. The fourth-order valence-electron chi connectivity index (χ4n) is 2.36. The second kappa shape index (κ2) is 6.05. The molecule has 1 aliphatic heterocycles. The van der Waals surface area contributed by atoms with Crippen molar-refractivity contribution in [3.63, 3.8) is 0 Å². The van der Waals surface area contributed by atoms with Crippen molar-refractivity contribution < 1.29 is 9.56 Å². The van der Waals surface area contributed by atoms with Crippen molar-refractivity contribution in [2.75, 3.05) is 12.8 Å². The van der Waals surface area contributed by atoms with Gasteiger partial charge in [-0.1, -0.05) is 25.7 Å². The fourth-order valence-corrected chi connectivity index (χ4v) is 4.61. The summed E-state index contributed by atoms with van der Waals surface area (Å²) < 4.78 is 5.56. The molecule has 1 saturated heterocycles. The Balaban J connectivity index is 1.83. The Morgan fingerprint density at radius 1 is 0.857 bits per heavy atom. The zero-order valence-electron chi connectivity index (χ0n) is 8.91. The average Bonchev–Trinajstić information content (AvgIpc) is 2.62. The van der Waals surface area contributed by atoms with Gasteiger partial charge in [-0.15, -0.1) is 0 Å². The van der Waals surface area contributed by atoms with Crippen LogP contribution in [0, 0.1) is 0 Å². The quantitative estimate of drug-likeness (QED) is 0.376. The maximum atomic E-state index is 5.56. The SMILES string of the molecule is C1CCCC(P2CCCCOO2)CC1. The zero-order chi connectivity index (χ0) is 9.64. The van der Waals surface area contributed by atoms with E-state index < -0.39 is 0 Å². The van der Waals surface area contributed by atoms with Gasteiger partial charge in [-0.05, 0) is 31.8 Å². The minimum Gasteiger partial charge on any atom is -0.233 e. The van der Waals surface area contributed by atoms with Gasteiger partial charge in [0, 0.05) is 5.66 Å². The molecule has 2 rings (SSSR count). The molecule has 1 atom stereocenters. The van der Waals surface area contributed by atoms with Crippen molar-refractivity contribution in [3.05, 3.63) is 0 Å². The predicted octanol–water partition coefficient (Wildman–Crippen LogP) is 3.85. The van der Waals surface area contributed by atoms with Crippen molar-refractivity contribution >= 4 is 8.15 Å². The third kappa shape index (κ3) is 3.18. The molecule has 0 N–H and O–H groups in total. The summed E-state index contributed by atoms with van der Waals surface area (Å²) in [6.07, 6.45) is 12.2. The van der Waals surface area contributed by atoms with Crippen LogP contribution in [-0.2, 0) is 9.56 Å². The fraction of sp³-hybridized carbons (Fsp3) is 1.00. The van der Waals surface area contributed by atoms with E-state index in [1.54, 1.807) is 0 Å². The number of hydrogen-bond donors (Lipinski definition) is 0. The second-order valence-electron chi connectivity index (χ2n) is 4.39. The Morgan fingerprint density at radius 2 is 1.64 bits per heavy atom. The molecule has 82 valence electrons. The van der Waals surface area contributed by atoms with Crippen LogP contribution >= 0.6 is 8.15 Å². The molecule has 14 heavy (non-hydrogen) atoms. The minimum atomic E-state index is -0.256. The predicted molar refractivity (Wildman–Crippen MR) is 59.5 cm³/mol. The van der Waals surface area contributed by atoms with Crippen LogP contribution in [0.2, 0.25) is 0 Å². The first kappa shape index (κ1) is 10.9. The molecule has 3 heteroatoms. The largest absolute Gasteiger partial charge is 0.233 e. The maximum absolute atomic E-state index is 5.56. The van der Waals surface area contributed by atoms with Gasteiger partial charge in [0.05, 0.1) is 14.8 Å². The Labute approximate surface area is 88.1 Å². The van der Waals surface area contributed by atoms with Gasteiger partial charge in [0.1, 0.15) is 0 Å². The van der Waals surface area contributed by atoms with Crippen LogP contribution in [0.15, 0.2) is 0 Å². The summed E-state index contributed by atoms with van der Waals surface area (Å²) in [6.45, 7) is 0.811. The molecule has 0 aromatic carbocycles. The summed E-state index contributed by atoms with van der Waals surface area (Å²) >= 11 is 0. The van der Waals surface area contributed by atoms with Crippen LogP contribution in [0.4, 0.5) is 0 Å². The molecular weight excluding hydrogens is 195 g/mol. The van der Waals surface area contributed by atoms with E-state index in [2.05, 4.69) is 0 Å². The summed E-state index contributed by atoms with van der Waals surface area (Å²) in [5, 5.41) is 0. The lowest BCUT2D eigenvalue weighted by atomic mass is 10.2. The molecule has 2 nitrogen and oxygen atoms in total. The van der Waals surface area contributed by atoms with E-state index in [0.29, 0.717) is 0 Å². The van der Waals surface area contributed by atoms with Gasteiger partial charge in [-0.25, -0.2) is 9.56 Å². The summed E-state index contributed by atoms with van der Waals surface area (Å²) in [5.74, 6) is 0. The lowest BCUT2D eigenvalue weighted by Crippen LogP contribution is -2.07. The summed E-state index contributed by atoms with van der Waals surface area (Å²) in [5.41, 5.74) is 0.839. The van der Waals surface area contributed by atoms with Crippen molar-refractivity contribution in [2.45, 2.75) is 57.0 Å². The van der Waals surface area contributed by atoms with Crippen LogP contribution < -0.4 is 0 Å². The van der Waals surface area contributed by atoms with E-state index in [9.17, 15) is 0 Å². The first-order chi connectivity index (χ1) is 6.97. The smallest absolute Gasteiger partial charge is 0.0825 e. The molecule has 2 aliphatic rings. The molecule has 0 aromatic rings. The van der Waals surface area contributed by atoms with Crippen LogP contribution in [0.1, 0.15) is 51.4 Å². The van der Waals surface area contributed by atoms with Gasteiger partial charge in [0.25, 0.3) is 0 Å². The van der Waals surface area contributed by atoms with Crippen molar-refractivity contribution in [3.8, 4) is 0 Å². The minimum absolute atomic E-state index is 0.256. The monoisotopic (exact) mass is 216 g/mol. The molecule has 2 fully saturated rings. The van der Waals surface area contributed by atoms with Gasteiger partial charge < -0.3 is 0 Å². The topological polar surface area (TPSA) is 18.5 Å². The molecule has 0 amide bonds. The average molecular weight is 216 g/mol. The molecule has 0 aromatic heterocycles. The molecule has 0 spiro atoms. The van der Waals surface area contributed by atoms with Gasteiger partial charge in [-0.3, -0.25) is 0 Å². The van der Waals surface area contributed by atoms with E-state index in [1.807, 2.05) is 0 Å².